The maximum Gasteiger partial charge on any atom is 0.137 e. The summed E-state index contributed by atoms with van der Waals surface area (Å²) in [4.78, 5) is 0. The molecule has 0 heterocycles. The van der Waals surface area contributed by atoms with E-state index < -0.39 is 0 Å². The van der Waals surface area contributed by atoms with Crippen LogP contribution in [0.5, 0.6) is 5.75 Å². The Kier molecular flexibility index (Phi) is 4.35. The van der Waals surface area contributed by atoms with E-state index in [1.807, 2.05) is 6.07 Å². The zero-order valence-corrected chi connectivity index (χ0v) is 11.7. The molecule has 90 valence electrons. The lowest BCUT2D eigenvalue weighted by molar-refractivity contribution is 0.160. The summed E-state index contributed by atoms with van der Waals surface area (Å²) in [5.41, 5.74) is 4.37. The highest BCUT2D eigenvalue weighted by Crippen LogP contribution is 2.34. The average molecular weight is 288 g/mol. The molecule has 1 rings (SSSR count). The molecule has 0 aliphatic heterocycles. The average Bonchev–Trinajstić information content (AvgIpc) is 2.16. The van der Waals surface area contributed by atoms with Crippen molar-refractivity contribution in [3.05, 3.63) is 27.7 Å². The summed E-state index contributed by atoms with van der Waals surface area (Å²) in [5, 5.41) is 8.80. The first-order chi connectivity index (χ1) is 7.40. The molecule has 3 nitrogen and oxygen atoms in total. The van der Waals surface area contributed by atoms with Gasteiger partial charge in [0.25, 0.3) is 0 Å². The fourth-order valence-electron chi connectivity index (χ4n) is 1.53. The standard InChI is InChI=1S/C12H18BrNO2/c1-12(2,3)9-5-8(7-14-15)11(16-4)10(13)6-9/h5-6,14-15H,7H2,1-4H3. The molecule has 0 saturated heterocycles. The summed E-state index contributed by atoms with van der Waals surface area (Å²) in [6.45, 7) is 6.82. The van der Waals surface area contributed by atoms with Crippen LogP contribution in [-0.4, -0.2) is 12.3 Å². The Morgan fingerprint density at radius 2 is 2.00 bits per heavy atom. The Balaban J connectivity index is 3.28. The van der Waals surface area contributed by atoms with Gasteiger partial charge in [0, 0.05) is 12.1 Å². The molecule has 0 unspecified atom stereocenters. The molecule has 0 atom stereocenters. The summed E-state index contributed by atoms with van der Waals surface area (Å²) in [5.74, 6) is 0.759. The number of ether oxygens (including phenoxy) is 1. The predicted molar refractivity (Wildman–Crippen MR) is 68.0 cm³/mol. The van der Waals surface area contributed by atoms with E-state index in [4.69, 9.17) is 9.94 Å². The van der Waals surface area contributed by atoms with Gasteiger partial charge >= 0.3 is 0 Å². The van der Waals surface area contributed by atoms with Crippen molar-refractivity contribution in [3.8, 4) is 5.75 Å². The van der Waals surface area contributed by atoms with Crippen molar-refractivity contribution < 1.29 is 9.94 Å². The summed E-state index contributed by atoms with van der Waals surface area (Å²) in [6, 6.07) is 4.10. The second kappa shape index (κ2) is 5.17. The van der Waals surface area contributed by atoms with E-state index in [1.165, 1.54) is 5.56 Å². The molecule has 0 amide bonds. The minimum atomic E-state index is 0.0684. The number of rotatable bonds is 3. The fraction of sp³-hybridized carbons (Fsp3) is 0.500. The predicted octanol–water partition coefficient (Wildman–Crippen LogP) is 3.23. The fourth-order valence-corrected chi connectivity index (χ4v) is 2.19. The number of benzene rings is 1. The molecule has 0 spiro atoms. The first kappa shape index (κ1) is 13.5. The molecule has 0 radical (unpaired) electrons. The van der Waals surface area contributed by atoms with Crippen LogP contribution in [0, 0.1) is 0 Å². The Morgan fingerprint density at radius 3 is 2.44 bits per heavy atom. The number of hydroxylamine groups is 1. The highest BCUT2D eigenvalue weighted by Gasteiger charge is 2.18. The summed E-state index contributed by atoms with van der Waals surface area (Å²) in [7, 11) is 1.62. The van der Waals surface area contributed by atoms with E-state index in [2.05, 4.69) is 48.2 Å². The molecule has 1 aromatic rings. The van der Waals surface area contributed by atoms with Crippen LogP contribution in [0.1, 0.15) is 31.9 Å². The van der Waals surface area contributed by atoms with E-state index >= 15 is 0 Å². The minimum absolute atomic E-state index is 0.0684. The lowest BCUT2D eigenvalue weighted by Gasteiger charge is -2.22. The van der Waals surface area contributed by atoms with Crippen LogP contribution in [-0.2, 0) is 12.0 Å². The number of hydrogen-bond donors (Lipinski definition) is 2. The van der Waals surface area contributed by atoms with Crippen LogP contribution < -0.4 is 10.2 Å². The Bertz CT molecular complexity index is 372. The molecule has 16 heavy (non-hydrogen) atoms. The van der Waals surface area contributed by atoms with Crippen molar-refractivity contribution in [1.29, 1.82) is 0 Å². The highest BCUT2D eigenvalue weighted by atomic mass is 79.9. The molecule has 0 fully saturated rings. The van der Waals surface area contributed by atoms with Gasteiger partial charge in [-0.1, -0.05) is 26.8 Å². The molecular weight excluding hydrogens is 270 g/mol. The van der Waals surface area contributed by atoms with Crippen molar-refractivity contribution in [2.45, 2.75) is 32.7 Å². The first-order valence-corrected chi connectivity index (χ1v) is 5.93. The van der Waals surface area contributed by atoms with Gasteiger partial charge in [0.2, 0.25) is 0 Å². The second-order valence-corrected chi connectivity index (χ2v) is 5.59. The van der Waals surface area contributed by atoms with E-state index in [0.29, 0.717) is 6.54 Å². The zero-order valence-electron chi connectivity index (χ0n) is 10.1. The van der Waals surface area contributed by atoms with Crippen molar-refractivity contribution in [2.24, 2.45) is 0 Å². The summed E-state index contributed by atoms with van der Waals surface area (Å²) in [6.07, 6.45) is 0. The molecule has 0 aromatic heterocycles. The third kappa shape index (κ3) is 2.97. The minimum Gasteiger partial charge on any atom is -0.495 e. The Hall–Kier alpha value is -0.580. The topological polar surface area (TPSA) is 41.5 Å². The van der Waals surface area contributed by atoms with Crippen LogP contribution in [0.4, 0.5) is 0 Å². The van der Waals surface area contributed by atoms with Crippen molar-refractivity contribution in [3.63, 3.8) is 0 Å². The van der Waals surface area contributed by atoms with Gasteiger partial charge in [0.1, 0.15) is 5.75 Å². The SMILES string of the molecule is COc1c(Br)cc(C(C)(C)C)cc1CNO. The van der Waals surface area contributed by atoms with E-state index in [1.54, 1.807) is 7.11 Å². The zero-order chi connectivity index (χ0) is 12.3. The van der Waals surface area contributed by atoms with Gasteiger partial charge in [-0.3, -0.25) is 0 Å². The number of nitrogens with one attached hydrogen (secondary N) is 1. The van der Waals surface area contributed by atoms with Gasteiger partial charge in [0.05, 0.1) is 11.6 Å². The van der Waals surface area contributed by atoms with E-state index in [0.717, 1.165) is 15.8 Å². The largest absolute Gasteiger partial charge is 0.495 e. The summed E-state index contributed by atoms with van der Waals surface area (Å²) < 4.78 is 6.21. The first-order valence-electron chi connectivity index (χ1n) is 5.14. The van der Waals surface area contributed by atoms with Crippen molar-refractivity contribution in [2.75, 3.05) is 7.11 Å². The lowest BCUT2D eigenvalue weighted by Crippen LogP contribution is -2.14. The summed E-state index contributed by atoms with van der Waals surface area (Å²) >= 11 is 3.49. The number of methoxy groups -OCH3 is 1. The maximum absolute atomic E-state index is 8.80. The Labute approximate surface area is 105 Å². The second-order valence-electron chi connectivity index (χ2n) is 4.74. The third-order valence-corrected chi connectivity index (χ3v) is 3.05. The highest BCUT2D eigenvalue weighted by molar-refractivity contribution is 9.10. The molecule has 1 aromatic carbocycles. The molecule has 4 heteroatoms. The molecule has 0 aliphatic carbocycles. The number of hydrogen-bond acceptors (Lipinski definition) is 3. The normalized spacial score (nSPS) is 11.6. The van der Waals surface area contributed by atoms with Gasteiger partial charge in [0.15, 0.2) is 0 Å². The molecule has 0 saturated carbocycles. The van der Waals surface area contributed by atoms with E-state index in [-0.39, 0.29) is 5.41 Å². The van der Waals surface area contributed by atoms with E-state index in [9.17, 15) is 0 Å². The smallest absolute Gasteiger partial charge is 0.137 e. The maximum atomic E-state index is 8.80. The lowest BCUT2D eigenvalue weighted by atomic mass is 9.86. The van der Waals surface area contributed by atoms with Gasteiger partial charge in [-0.05, 0) is 33.0 Å². The van der Waals surface area contributed by atoms with Crippen LogP contribution >= 0.6 is 15.9 Å². The van der Waals surface area contributed by atoms with Crippen molar-refractivity contribution in [1.82, 2.24) is 5.48 Å². The quantitative estimate of drug-likeness (QED) is 0.839. The van der Waals surface area contributed by atoms with Gasteiger partial charge < -0.3 is 9.94 Å². The van der Waals surface area contributed by atoms with Gasteiger partial charge in [-0.25, -0.2) is 5.48 Å². The van der Waals surface area contributed by atoms with Gasteiger partial charge in [-0.15, -0.1) is 0 Å². The molecule has 0 aliphatic rings. The number of halogens is 1. The van der Waals surface area contributed by atoms with Crippen molar-refractivity contribution >= 4 is 15.9 Å². The monoisotopic (exact) mass is 287 g/mol. The third-order valence-electron chi connectivity index (χ3n) is 2.46. The van der Waals surface area contributed by atoms with Gasteiger partial charge in [-0.2, -0.15) is 0 Å². The van der Waals surface area contributed by atoms with Crippen LogP contribution in [0.3, 0.4) is 0 Å². The van der Waals surface area contributed by atoms with Crippen LogP contribution in [0.15, 0.2) is 16.6 Å². The molecule has 0 bridgehead atoms. The Morgan fingerprint density at radius 1 is 1.38 bits per heavy atom. The van der Waals surface area contributed by atoms with Crippen LogP contribution in [0.2, 0.25) is 0 Å². The molecule has 2 N–H and O–H groups in total. The van der Waals surface area contributed by atoms with Crippen LogP contribution in [0.25, 0.3) is 0 Å². The molecular formula is C12H18BrNO2.